The average molecular weight is 478 g/mol. The predicted octanol–water partition coefficient (Wildman–Crippen LogP) is 3.34. The number of methoxy groups -OCH3 is 2. The molecule has 0 aromatic heterocycles. The van der Waals surface area contributed by atoms with Crippen LogP contribution in [-0.4, -0.2) is 47.5 Å². The molecule has 0 heterocycles. The Hall–Kier alpha value is -2.91. The number of nitrogens with one attached hydrogen (secondary N) is 1. The van der Waals surface area contributed by atoms with Crippen molar-refractivity contribution in [1.29, 1.82) is 0 Å². The summed E-state index contributed by atoms with van der Waals surface area (Å²) in [5.74, 6) is -0.239. The lowest BCUT2D eigenvalue weighted by Gasteiger charge is -2.19. The standard InChI is InChI=1S/C24H31NO7S/c1-14-15(2)17(4)24(18(5)16(14)3)33(28,29)25-11-10-23(27)32-13-20(26)19-8-9-21(30-6)22(12-19)31-7/h8-9,12,25H,10-11,13H2,1-7H3. The van der Waals surface area contributed by atoms with Crippen LogP contribution in [-0.2, 0) is 19.6 Å². The van der Waals surface area contributed by atoms with Crippen LogP contribution in [0, 0.1) is 34.6 Å². The SMILES string of the molecule is COc1ccc(C(=O)COC(=O)CCNS(=O)(=O)c2c(C)c(C)c(C)c(C)c2C)cc1OC. The zero-order chi connectivity index (χ0) is 24.9. The Kier molecular flexibility index (Phi) is 8.63. The number of rotatable bonds is 10. The molecule has 180 valence electrons. The first-order chi connectivity index (χ1) is 15.4. The van der Waals surface area contributed by atoms with E-state index >= 15 is 0 Å². The normalized spacial score (nSPS) is 11.2. The summed E-state index contributed by atoms with van der Waals surface area (Å²) >= 11 is 0. The van der Waals surface area contributed by atoms with Crippen LogP contribution in [0.5, 0.6) is 11.5 Å². The van der Waals surface area contributed by atoms with E-state index in [9.17, 15) is 18.0 Å². The van der Waals surface area contributed by atoms with Crippen LogP contribution in [0.1, 0.15) is 44.6 Å². The minimum Gasteiger partial charge on any atom is -0.493 e. The maximum atomic E-state index is 12.9. The molecule has 1 N–H and O–H groups in total. The van der Waals surface area contributed by atoms with Crippen molar-refractivity contribution in [3.8, 4) is 11.5 Å². The van der Waals surface area contributed by atoms with E-state index in [1.54, 1.807) is 26.0 Å². The largest absolute Gasteiger partial charge is 0.493 e. The minimum absolute atomic E-state index is 0.142. The Morgan fingerprint density at radius 2 is 1.39 bits per heavy atom. The molecule has 0 saturated carbocycles. The van der Waals surface area contributed by atoms with Gasteiger partial charge in [-0.2, -0.15) is 0 Å². The molecular weight excluding hydrogens is 446 g/mol. The molecule has 0 atom stereocenters. The van der Waals surface area contributed by atoms with Gasteiger partial charge in [0.25, 0.3) is 0 Å². The van der Waals surface area contributed by atoms with E-state index in [2.05, 4.69) is 4.72 Å². The molecule has 0 spiro atoms. The van der Waals surface area contributed by atoms with Gasteiger partial charge in [-0.3, -0.25) is 9.59 Å². The van der Waals surface area contributed by atoms with Crippen LogP contribution in [0.3, 0.4) is 0 Å². The van der Waals surface area contributed by atoms with Crippen molar-refractivity contribution in [2.24, 2.45) is 0 Å². The number of hydrogen-bond acceptors (Lipinski definition) is 7. The highest BCUT2D eigenvalue weighted by molar-refractivity contribution is 7.89. The van der Waals surface area contributed by atoms with E-state index in [1.807, 2.05) is 20.8 Å². The third-order valence-electron chi connectivity index (χ3n) is 5.89. The number of hydrogen-bond donors (Lipinski definition) is 1. The molecule has 9 heteroatoms. The molecule has 0 saturated heterocycles. The van der Waals surface area contributed by atoms with E-state index in [0.717, 1.165) is 16.7 Å². The Labute approximate surface area is 195 Å². The number of ketones is 1. The van der Waals surface area contributed by atoms with E-state index in [1.165, 1.54) is 20.3 Å². The topological polar surface area (TPSA) is 108 Å². The van der Waals surface area contributed by atoms with Gasteiger partial charge in [-0.05, 0) is 80.6 Å². The fourth-order valence-electron chi connectivity index (χ4n) is 3.54. The molecule has 0 bridgehead atoms. The first-order valence-electron chi connectivity index (χ1n) is 10.4. The number of carbonyl (C=O) groups is 2. The highest BCUT2D eigenvalue weighted by atomic mass is 32.2. The van der Waals surface area contributed by atoms with Crippen molar-refractivity contribution in [3.05, 3.63) is 51.6 Å². The zero-order valence-corrected chi connectivity index (χ0v) is 20.9. The molecule has 8 nitrogen and oxygen atoms in total. The summed E-state index contributed by atoms with van der Waals surface area (Å²) in [6.45, 7) is 8.70. The predicted molar refractivity (Wildman–Crippen MR) is 125 cm³/mol. The molecule has 0 radical (unpaired) electrons. The minimum atomic E-state index is -3.82. The van der Waals surface area contributed by atoms with Crippen molar-refractivity contribution in [1.82, 2.24) is 4.72 Å². The van der Waals surface area contributed by atoms with E-state index < -0.39 is 28.4 Å². The summed E-state index contributed by atoms with van der Waals surface area (Å²) < 4.78 is 43.6. The van der Waals surface area contributed by atoms with E-state index in [4.69, 9.17) is 14.2 Å². The molecule has 33 heavy (non-hydrogen) atoms. The first kappa shape index (κ1) is 26.3. The van der Waals surface area contributed by atoms with Crippen molar-refractivity contribution in [2.45, 2.75) is 45.9 Å². The van der Waals surface area contributed by atoms with Crippen LogP contribution in [0.25, 0.3) is 0 Å². The quantitative estimate of drug-likeness (QED) is 0.413. The summed E-state index contributed by atoms with van der Waals surface area (Å²) in [6.07, 6.45) is -0.208. The van der Waals surface area contributed by atoms with Gasteiger partial charge in [0.15, 0.2) is 23.9 Å². The fourth-order valence-corrected chi connectivity index (χ4v) is 5.17. The van der Waals surface area contributed by atoms with Crippen molar-refractivity contribution >= 4 is 21.8 Å². The summed E-state index contributed by atoms with van der Waals surface area (Å²) in [6, 6.07) is 4.63. The second-order valence-corrected chi connectivity index (χ2v) is 9.46. The third kappa shape index (κ3) is 5.91. The number of benzene rings is 2. The number of Topliss-reactive ketones (excluding diaryl/α,β-unsaturated/α-hetero) is 1. The molecule has 2 aromatic carbocycles. The Morgan fingerprint density at radius 1 is 0.848 bits per heavy atom. The van der Waals surface area contributed by atoms with Crippen LogP contribution in [0.4, 0.5) is 0 Å². The lowest BCUT2D eigenvalue weighted by atomic mass is 9.95. The number of ether oxygens (including phenoxy) is 3. The summed E-state index contributed by atoms with van der Waals surface area (Å²) in [4.78, 5) is 24.6. The first-order valence-corrected chi connectivity index (χ1v) is 11.9. The van der Waals surface area contributed by atoms with Crippen LogP contribution in [0.15, 0.2) is 23.1 Å². The van der Waals surface area contributed by atoms with Gasteiger partial charge in [-0.15, -0.1) is 0 Å². The van der Waals surface area contributed by atoms with Gasteiger partial charge in [0, 0.05) is 12.1 Å². The van der Waals surface area contributed by atoms with Gasteiger partial charge in [-0.25, -0.2) is 13.1 Å². The van der Waals surface area contributed by atoms with Crippen molar-refractivity contribution in [2.75, 3.05) is 27.4 Å². The fraction of sp³-hybridized carbons (Fsp3) is 0.417. The van der Waals surface area contributed by atoms with Gasteiger partial charge in [0.1, 0.15) is 0 Å². The molecule has 0 aliphatic carbocycles. The molecule has 0 fully saturated rings. The van der Waals surface area contributed by atoms with Gasteiger partial charge >= 0.3 is 5.97 Å². The monoisotopic (exact) mass is 477 g/mol. The smallest absolute Gasteiger partial charge is 0.307 e. The van der Waals surface area contributed by atoms with Crippen molar-refractivity contribution < 1.29 is 32.2 Å². The van der Waals surface area contributed by atoms with E-state index in [-0.39, 0.29) is 17.9 Å². The molecule has 0 aliphatic rings. The second-order valence-electron chi connectivity index (χ2n) is 7.76. The Bertz CT molecular complexity index is 1140. The maximum absolute atomic E-state index is 12.9. The molecule has 2 rings (SSSR count). The van der Waals surface area contributed by atoms with Gasteiger partial charge in [0.05, 0.1) is 25.5 Å². The zero-order valence-electron chi connectivity index (χ0n) is 20.1. The lowest BCUT2D eigenvalue weighted by molar-refractivity contribution is -0.142. The molecule has 2 aromatic rings. The van der Waals surface area contributed by atoms with Gasteiger partial charge in [-0.1, -0.05) is 0 Å². The summed E-state index contributed by atoms with van der Waals surface area (Å²) in [7, 11) is -0.879. The van der Waals surface area contributed by atoms with Gasteiger partial charge in [0.2, 0.25) is 10.0 Å². The number of esters is 1. The molecule has 0 amide bonds. The average Bonchev–Trinajstić information content (AvgIpc) is 2.79. The molecular formula is C24H31NO7S. The third-order valence-corrected chi connectivity index (χ3v) is 7.62. The van der Waals surface area contributed by atoms with Crippen LogP contribution < -0.4 is 14.2 Å². The number of carbonyl (C=O) groups excluding carboxylic acids is 2. The maximum Gasteiger partial charge on any atom is 0.307 e. The molecule has 0 unspecified atom stereocenters. The van der Waals surface area contributed by atoms with Crippen molar-refractivity contribution in [3.63, 3.8) is 0 Å². The summed E-state index contributed by atoms with van der Waals surface area (Å²) in [5.41, 5.74) is 4.58. The Morgan fingerprint density at radius 3 is 1.94 bits per heavy atom. The van der Waals surface area contributed by atoms with Crippen LogP contribution >= 0.6 is 0 Å². The van der Waals surface area contributed by atoms with Gasteiger partial charge < -0.3 is 14.2 Å². The highest BCUT2D eigenvalue weighted by Gasteiger charge is 2.23. The number of sulfonamides is 1. The van der Waals surface area contributed by atoms with E-state index in [0.29, 0.717) is 28.2 Å². The highest BCUT2D eigenvalue weighted by Crippen LogP contribution is 2.29. The Balaban J connectivity index is 1.96. The molecule has 0 aliphatic heterocycles. The second kappa shape index (κ2) is 10.8. The lowest BCUT2D eigenvalue weighted by Crippen LogP contribution is -2.29. The summed E-state index contributed by atoms with van der Waals surface area (Å²) in [5, 5.41) is 0. The van der Waals surface area contributed by atoms with Crippen LogP contribution in [0.2, 0.25) is 0 Å².